The Balaban J connectivity index is 2.59. The summed E-state index contributed by atoms with van der Waals surface area (Å²) in [6.45, 7) is 3.70. The van der Waals surface area contributed by atoms with Gasteiger partial charge in [-0.3, -0.25) is 4.79 Å². The highest BCUT2D eigenvalue weighted by atomic mass is 79.9. The van der Waals surface area contributed by atoms with Crippen molar-refractivity contribution in [2.45, 2.75) is 31.1 Å². The standard InChI is InChI=1S/C8H12BrNO3/c1-5(9)3-6(2)10-7(11)4-13-8(10)12/h5-6H,3-4H2,1-2H3. The van der Waals surface area contributed by atoms with Crippen molar-refractivity contribution in [3.63, 3.8) is 0 Å². The summed E-state index contributed by atoms with van der Waals surface area (Å²) in [5.41, 5.74) is 0. The van der Waals surface area contributed by atoms with Crippen LogP contribution in [0.4, 0.5) is 4.79 Å². The lowest BCUT2D eigenvalue weighted by atomic mass is 10.2. The maximum Gasteiger partial charge on any atom is 0.417 e. The minimum absolute atomic E-state index is 0.100. The number of hydrogen-bond donors (Lipinski definition) is 0. The van der Waals surface area contributed by atoms with Crippen molar-refractivity contribution in [3.8, 4) is 0 Å². The zero-order valence-corrected chi connectivity index (χ0v) is 9.20. The Kier molecular flexibility index (Phi) is 3.30. The van der Waals surface area contributed by atoms with E-state index in [1.165, 1.54) is 4.90 Å². The van der Waals surface area contributed by atoms with Gasteiger partial charge in [0.25, 0.3) is 5.91 Å². The lowest BCUT2D eigenvalue weighted by molar-refractivity contribution is -0.127. The van der Waals surface area contributed by atoms with Crippen LogP contribution in [-0.4, -0.2) is 34.4 Å². The molecule has 1 saturated heterocycles. The molecule has 0 N–H and O–H groups in total. The largest absolute Gasteiger partial charge is 0.439 e. The summed E-state index contributed by atoms with van der Waals surface area (Å²) in [7, 11) is 0. The molecule has 4 nitrogen and oxygen atoms in total. The third-order valence-electron chi connectivity index (χ3n) is 1.89. The van der Waals surface area contributed by atoms with Gasteiger partial charge in [-0.15, -0.1) is 0 Å². The highest BCUT2D eigenvalue weighted by Gasteiger charge is 2.35. The predicted octanol–water partition coefficient (Wildman–Crippen LogP) is 1.53. The van der Waals surface area contributed by atoms with Gasteiger partial charge in [0.1, 0.15) is 0 Å². The molecule has 0 spiro atoms. The van der Waals surface area contributed by atoms with E-state index in [2.05, 4.69) is 20.7 Å². The average Bonchev–Trinajstić information content (AvgIpc) is 2.29. The van der Waals surface area contributed by atoms with Gasteiger partial charge in [-0.25, -0.2) is 9.69 Å². The molecule has 74 valence electrons. The van der Waals surface area contributed by atoms with Gasteiger partial charge in [0, 0.05) is 10.9 Å². The fraction of sp³-hybridized carbons (Fsp3) is 0.750. The maximum absolute atomic E-state index is 11.2. The molecule has 0 aliphatic carbocycles. The minimum Gasteiger partial charge on any atom is -0.439 e. The summed E-state index contributed by atoms with van der Waals surface area (Å²) in [4.78, 5) is 23.7. The van der Waals surface area contributed by atoms with Gasteiger partial charge in [-0.1, -0.05) is 22.9 Å². The van der Waals surface area contributed by atoms with Crippen LogP contribution in [0, 0.1) is 0 Å². The quantitative estimate of drug-likeness (QED) is 0.713. The molecule has 13 heavy (non-hydrogen) atoms. The highest BCUT2D eigenvalue weighted by Crippen LogP contribution is 2.16. The molecule has 2 amide bonds. The van der Waals surface area contributed by atoms with E-state index in [4.69, 9.17) is 0 Å². The Hall–Kier alpha value is -0.580. The van der Waals surface area contributed by atoms with E-state index in [-0.39, 0.29) is 23.4 Å². The number of alkyl halides is 1. The van der Waals surface area contributed by atoms with Crippen molar-refractivity contribution in [1.29, 1.82) is 0 Å². The normalized spacial score (nSPS) is 21.6. The second-order valence-electron chi connectivity index (χ2n) is 3.18. The zero-order chi connectivity index (χ0) is 10.0. The molecule has 1 fully saturated rings. The van der Waals surface area contributed by atoms with Crippen molar-refractivity contribution >= 4 is 27.9 Å². The van der Waals surface area contributed by atoms with E-state index >= 15 is 0 Å². The minimum atomic E-state index is -0.523. The first-order chi connectivity index (χ1) is 6.02. The zero-order valence-electron chi connectivity index (χ0n) is 7.62. The summed E-state index contributed by atoms with van der Waals surface area (Å²) in [5.74, 6) is -0.245. The van der Waals surface area contributed by atoms with E-state index in [9.17, 15) is 9.59 Å². The monoisotopic (exact) mass is 249 g/mol. The van der Waals surface area contributed by atoms with Crippen LogP contribution >= 0.6 is 15.9 Å². The molecule has 0 saturated carbocycles. The number of rotatable bonds is 3. The third-order valence-corrected chi connectivity index (χ3v) is 2.27. The molecule has 0 aromatic carbocycles. The topological polar surface area (TPSA) is 46.6 Å². The maximum atomic E-state index is 11.2. The Morgan fingerprint density at radius 3 is 2.54 bits per heavy atom. The number of cyclic esters (lactones) is 1. The second-order valence-corrected chi connectivity index (χ2v) is 4.75. The molecule has 1 rings (SSSR count). The van der Waals surface area contributed by atoms with Crippen molar-refractivity contribution < 1.29 is 14.3 Å². The fourth-order valence-corrected chi connectivity index (χ4v) is 1.91. The summed E-state index contributed by atoms with van der Waals surface area (Å²) in [5, 5.41) is 0. The first kappa shape index (κ1) is 10.5. The molecule has 0 radical (unpaired) electrons. The first-order valence-electron chi connectivity index (χ1n) is 4.15. The van der Waals surface area contributed by atoms with Crippen LogP contribution in [0.2, 0.25) is 0 Å². The molecule has 0 bridgehead atoms. The molecule has 5 heteroatoms. The van der Waals surface area contributed by atoms with Crippen LogP contribution in [0.1, 0.15) is 20.3 Å². The predicted molar refractivity (Wildman–Crippen MR) is 50.7 cm³/mol. The molecule has 2 unspecified atom stereocenters. The van der Waals surface area contributed by atoms with E-state index in [1.807, 2.05) is 13.8 Å². The van der Waals surface area contributed by atoms with Gasteiger partial charge in [-0.05, 0) is 13.3 Å². The van der Waals surface area contributed by atoms with Crippen LogP contribution in [0.3, 0.4) is 0 Å². The van der Waals surface area contributed by atoms with Crippen LogP contribution < -0.4 is 0 Å². The molecule has 1 aliphatic heterocycles. The van der Waals surface area contributed by atoms with Gasteiger partial charge in [-0.2, -0.15) is 0 Å². The lowest BCUT2D eigenvalue weighted by Crippen LogP contribution is -2.38. The van der Waals surface area contributed by atoms with Gasteiger partial charge >= 0.3 is 6.09 Å². The van der Waals surface area contributed by atoms with Crippen LogP contribution in [0.15, 0.2) is 0 Å². The Morgan fingerprint density at radius 1 is 1.54 bits per heavy atom. The molecule has 2 atom stereocenters. The average molecular weight is 250 g/mol. The SMILES string of the molecule is CC(Br)CC(C)N1C(=O)COC1=O. The fourth-order valence-electron chi connectivity index (χ4n) is 1.37. The summed E-state index contributed by atoms with van der Waals surface area (Å²) in [6.07, 6.45) is 0.214. The first-order valence-corrected chi connectivity index (χ1v) is 5.07. The van der Waals surface area contributed by atoms with Crippen molar-refractivity contribution in [2.75, 3.05) is 6.61 Å². The second kappa shape index (κ2) is 4.09. The van der Waals surface area contributed by atoms with Gasteiger partial charge in [0.15, 0.2) is 6.61 Å². The van der Waals surface area contributed by atoms with Gasteiger partial charge < -0.3 is 4.74 Å². The van der Waals surface area contributed by atoms with Crippen molar-refractivity contribution in [1.82, 2.24) is 4.90 Å². The van der Waals surface area contributed by atoms with E-state index in [0.29, 0.717) is 0 Å². The number of hydrogen-bond acceptors (Lipinski definition) is 3. The Bertz CT molecular complexity index is 213. The number of carbonyl (C=O) groups is 2. The highest BCUT2D eigenvalue weighted by molar-refractivity contribution is 9.09. The van der Waals surface area contributed by atoms with Gasteiger partial charge in [0.2, 0.25) is 0 Å². The molecule has 1 aliphatic rings. The smallest absolute Gasteiger partial charge is 0.417 e. The number of carbonyl (C=O) groups excluding carboxylic acids is 2. The summed E-state index contributed by atoms with van der Waals surface area (Å²) in [6, 6.07) is -0.100. The van der Waals surface area contributed by atoms with E-state index < -0.39 is 6.09 Å². The summed E-state index contributed by atoms with van der Waals surface area (Å²) < 4.78 is 4.60. The Morgan fingerprint density at radius 2 is 2.15 bits per heavy atom. The third kappa shape index (κ3) is 2.43. The molecular formula is C8H12BrNO3. The van der Waals surface area contributed by atoms with Gasteiger partial charge in [0.05, 0.1) is 0 Å². The van der Waals surface area contributed by atoms with Crippen LogP contribution in [0.5, 0.6) is 0 Å². The number of imide groups is 1. The van der Waals surface area contributed by atoms with Crippen molar-refractivity contribution in [2.24, 2.45) is 0 Å². The molecule has 0 aromatic rings. The van der Waals surface area contributed by atoms with E-state index in [1.54, 1.807) is 0 Å². The number of ether oxygens (including phenoxy) is 1. The molecule has 0 aromatic heterocycles. The number of amides is 2. The van der Waals surface area contributed by atoms with Crippen molar-refractivity contribution in [3.05, 3.63) is 0 Å². The Labute approximate surface area is 85.4 Å². The summed E-state index contributed by atoms with van der Waals surface area (Å²) >= 11 is 3.37. The lowest BCUT2D eigenvalue weighted by Gasteiger charge is -2.20. The number of halogens is 1. The molecule has 1 heterocycles. The van der Waals surface area contributed by atoms with Crippen LogP contribution in [-0.2, 0) is 9.53 Å². The van der Waals surface area contributed by atoms with E-state index in [0.717, 1.165) is 6.42 Å². The van der Waals surface area contributed by atoms with Crippen LogP contribution in [0.25, 0.3) is 0 Å². The number of nitrogens with zero attached hydrogens (tertiary/aromatic N) is 1. The molecular weight excluding hydrogens is 238 g/mol.